The fraction of sp³-hybridized carbons (Fsp3) is 1.00. The van der Waals surface area contributed by atoms with Crippen molar-refractivity contribution in [3.8, 4) is 0 Å². The number of nitrogens with one attached hydrogen (secondary N) is 1. The van der Waals surface area contributed by atoms with E-state index in [-0.39, 0.29) is 0 Å². The van der Waals surface area contributed by atoms with Crippen molar-refractivity contribution in [3.63, 3.8) is 0 Å². The molecule has 1 heterocycles. The molecule has 0 aromatic carbocycles. The van der Waals surface area contributed by atoms with Gasteiger partial charge in [0, 0.05) is 19.1 Å². The molecule has 1 saturated carbocycles. The maximum atomic E-state index is 3.41. The molecule has 0 radical (unpaired) electrons. The summed E-state index contributed by atoms with van der Waals surface area (Å²) in [5, 5.41) is 3.41. The van der Waals surface area contributed by atoms with Crippen LogP contribution in [0.15, 0.2) is 0 Å². The predicted molar refractivity (Wildman–Crippen MR) is 69.6 cm³/mol. The number of likely N-dealkylation sites (tertiary alicyclic amines) is 1. The Bertz CT molecular complexity index is 197. The van der Waals surface area contributed by atoms with E-state index in [1.807, 2.05) is 0 Å². The third kappa shape index (κ3) is 3.21. The van der Waals surface area contributed by atoms with Gasteiger partial charge >= 0.3 is 0 Å². The Labute approximate surface area is 101 Å². The minimum absolute atomic E-state index is 0.756. The lowest BCUT2D eigenvalue weighted by Gasteiger charge is -2.30. The summed E-state index contributed by atoms with van der Waals surface area (Å²) in [7, 11) is 2.10. The molecule has 2 heteroatoms. The van der Waals surface area contributed by atoms with Crippen molar-refractivity contribution in [2.24, 2.45) is 11.8 Å². The molecule has 1 aliphatic heterocycles. The highest BCUT2D eigenvalue weighted by atomic mass is 15.2. The minimum atomic E-state index is 0.756. The molecule has 1 aliphatic carbocycles. The van der Waals surface area contributed by atoms with Crippen LogP contribution < -0.4 is 5.32 Å². The van der Waals surface area contributed by atoms with Crippen molar-refractivity contribution in [1.82, 2.24) is 10.2 Å². The smallest absolute Gasteiger partial charge is 0.0204 e. The lowest BCUT2D eigenvalue weighted by Crippen LogP contribution is -2.33. The van der Waals surface area contributed by atoms with Crippen LogP contribution in [0.1, 0.15) is 45.4 Å². The summed E-state index contributed by atoms with van der Waals surface area (Å²) in [4.78, 5) is 2.68. The largest absolute Gasteiger partial charge is 0.316 e. The Morgan fingerprint density at radius 3 is 2.31 bits per heavy atom. The molecule has 0 amide bonds. The Morgan fingerprint density at radius 2 is 1.75 bits per heavy atom. The molecule has 0 aromatic rings. The second-order valence-electron chi connectivity index (χ2n) is 5.83. The summed E-state index contributed by atoms with van der Waals surface area (Å²) < 4.78 is 0. The monoisotopic (exact) mass is 224 g/mol. The van der Waals surface area contributed by atoms with Gasteiger partial charge in [0.2, 0.25) is 0 Å². The van der Waals surface area contributed by atoms with Crippen LogP contribution in [-0.2, 0) is 0 Å². The van der Waals surface area contributed by atoms with Crippen molar-refractivity contribution in [1.29, 1.82) is 0 Å². The minimum Gasteiger partial charge on any atom is -0.316 e. The van der Waals surface area contributed by atoms with E-state index in [4.69, 9.17) is 0 Å². The molecule has 2 rings (SSSR count). The van der Waals surface area contributed by atoms with E-state index in [0.717, 1.165) is 17.9 Å². The fourth-order valence-corrected chi connectivity index (χ4v) is 3.42. The number of hydrogen-bond donors (Lipinski definition) is 1. The zero-order chi connectivity index (χ0) is 11.4. The molecule has 1 N–H and O–H groups in total. The molecule has 2 aliphatic rings. The highest BCUT2D eigenvalue weighted by molar-refractivity contribution is 4.82. The van der Waals surface area contributed by atoms with Crippen LogP contribution in [0.4, 0.5) is 0 Å². The molecule has 0 aromatic heterocycles. The van der Waals surface area contributed by atoms with Crippen LogP contribution in [0, 0.1) is 11.8 Å². The number of nitrogens with zero attached hydrogens (tertiary/aromatic N) is 1. The summed E-state index contributed by atoms with van der Waals surface area (Å²) in [6.07, 6.45) is 8.70. The lowest BCUT2D eigenvalue weighted by atomic mass is 9.81. The van der Waals surface area contributed by atoms with E-state index in [9.17, 15) is 0 Å². The third-order valence-corrected chi connectivity index (χ3v) is 4.74. The van der Waals surface area contributed by atoms with Crippen LogP contribution in [-0.4, -0.2) is 37.6 Å². The van der Waals surface area contributed by atoms with Crippen LogP contribution in [0.2, 0.25) is 0 Å². The van der Waals surface area contributed by atoms with E-state index < -0.39 is 0 Å². The fourth-order valence-electron chi connectivity index (χ4n) is 3.42. The maximum Gasteiger partial charge on any atom is 0.0204 e. The first-order chi connectivity index (χ1) is 7.81. The Kier molecular flexibility index (Phi) is 4.66. The Morgan fingerprint density at radius 1 is 1.06 bits per heavy atom. The van der Waals surface area contributed by atoms with Gasteiger partial charge in [-0.1, -0.05) is 26.2 Å². The zero-order valence-corrected chi connectivity index (χ0v) is 11.0. The molecular formula is C14H28N2. The summed E-state index contributed by atoms with van der Waals surface area (Å²) in [5.74, 6) is 2.04. The second kappa shape index (κ2) is 6.02. The van der Waals surface area contributed by atoms with Crippen LogP contribution in [0.5, 0.6) is 0 Å². The van der Waals surface area contributed by atoms with Gasteiger partial charge in [0.15, 0.2) is 0 Å². The standard InChI is InChI=1S/C14H28N2/c1-3-12-4-6-13(7-5-12)10-16-9-8-14(11-16)15-2/h12-15H,3-11H2,1-2H3. The lowest BCUT2D eigenvalue weighted by molar-refractivity contribution is 0.199. The molecular weight excluding hydrogens is 196 g/mol. The van der Waals surface area contributed by atoms with Gasteiger partial charge in [-0.25, -0.2) is 0 Å². The van der Waals surface area contributed by atoms with Gasteiger partial charge in [-0.15, -0.1) is 0 Å². The van der Waals surface area contributed by atoms with Crippen molar-refractivity contribution in [3.05, 3.63) is 0 Å². The van der Waals surface area contributed by atoms with Crippen molar-refractivity contribution in [2.45, 2.75) is 51.5 Å². The second-order valence-corrected chi connectivity index (χ2v) is 5.83. The highest BCUT2D eigenvalue weighted by Gasteiger charge is 2.26. The quantitative estimate of drug-likeness (QED) is 0.789. The summed E-state index contributed by atoms with van der Waals surface area (Å²) >= 11 is 0. The predicted octanol–water partition coefficient (Wildman–Crippen LogP) is 2.50. The van der Waals surface area contributed by atoms with E-state index >= 15 is 0 Å². The van der Waals surface area contributed by atoms with Gasteiger partial charge in [-0.3, -0.25) is 0 Å². The topological polar surface area (TPSA) is 15.3 Å². The number of rotatable bonds is 4. The van der Waals surface area contributed by atoms with Gasteiger partial charge in [0.1, 0.15) is 0 Å². The van der Waals surface area contributed by atoms with Crippen molar-refractivity contribution in [2.75, 3.05) is 26.7 Å². The van der Waals surface area contributed by atoms with Crippen LogP contribution in [0.25, 0.3) is 0 Å². The van der Waals surface area contributed by atoms with Crippen LogP contribution >= 0.6 is 0 Å². The zero-order valence-electron chi connectivity index (χ0n) is 11.0. The third-order valence-electron chi connectivity index (χ3n) is 4.74. The Hall–Kier alpha value is -0.0800. The molecule has 16 heavy (non-hydrogen) atoms. The van der Waals surface area contributed by atoms with Gasteiger partial charge < -0.3 is 10.2 Å². The molecule has 0 spiro atoms. The summed E-state index contributed by atoms with van der Waals surface area (Å²) in [6, 6.07) is 0.756. The number of hydrogen-bond acceptors (Lipinski definition) is 2. The van der Waals surface area contributed by atoms with Crippen molar-refractivity contribution < 1.29 is 0 Å². The Balaban J connectivity index is 1.67. The van der Waals surface area contributed by atoms with Crippen LogP contribution in [0.3, 0.4) is 0 Å². The molecule has 1 unspecified atom stereocenters. The average molecular weight is 224 g/mol. The summed E-state index contributed by atoms with van der Waals surface area (Å²) in [5.41, 5.74) is 0. The SMILES string of the molecule is CCC1CCC(CN2CCC(NC)C2)CC1. The van der Waals surface area contributed by atoms with E-state index in [0.29, 0.717) is 0 Å². The molecule has 2 fully saturated rings. The van der Waals surface area contributed by atoms with Gasteiger partial charge in [-0.05, 0) is 44.7 Å². The summed E-state index contributed by atoms with van der Waals surface area (Å²) in [6.45, 7) is 6.32. The molecule has 0 bridgehead atoms. The maximum absolute atomic E-state index is 3.41. The van der Waals surface area contributed by atoms with Gasteiger partial charge in [0.25, 0.3) is 0 Å². The molecule has 2 nitrogen and oxygen atoms in total. The first kappa shape index (κ1) is 12.4. The average Bonchev–Trinajstić information content (AvgIpc) is 2.78. The molecule has 1 saturated heterocycles. The highest BCUT2D eigenvalue weighted by Crippen LogP contribution is 2.31. The first-order valence-corrected chi connectivity index (χ1v) is 7.21. The van der Waals surface area contributed by atoms with Crippen molar-refractivity contribution >= 4 is 0 Å². The van der Waals surface area contributed by atoms with Gasteiger partial charge in [0.05, 0.1) is 0 Å². The normalized spacial score (nSPS) is 36.8. The molecule has 94 valence electrons. The molecule has 1 atom stereocenters. The van der Waals surface area contributed by atoms with E-state index in [2.05, 4.69) is 24.2 Å². The number of likely N-dealkylation sites (N-methyl/N-ethyl adjacent to an activating group) is 1. The van der Waals surface area contributed by atoms with E-state index in [1.165, 1.54) is 58.2 Å². The van der Waals surface area contributed by atoms with Gasteiger partial charge in [-0.2, -0.15) is 0 Å². The first-order valence-electron chi connectivity index (χ1n) is 7.21. The van der Waals surface area contributed by atoms with E-state index in [1.54, 1.807) is 0 Å².